The second-order valence-electron chi connectivity index (χ2n) is 6.43. The zero-order chi connectivity index (χ0) is 20.0. The van der Waals surface area contributed by atoms with Crippen LogP contribution in [0.25, 0.3) is 0 Å². The molecule has 150 valence electrons. The van der Waals surface area contributed by atoms with E-state index in [9.17, 15) is 17.6 Å². The van der Waals surface area contributed by atoms with Gasteiger partial charge in [0.2, 0.25) is 10.0 Å². The number of carbonyl (C=O) groups is 1. The van der Waals surface area contributed by atoms with Gasteiger partial charge in [0.25, 0.3) is 0 Å². The average Bonchev–Trinajstić information content (AvgIpc) is 2.73. The van der Waals surface area contributed by atoms with Crippen LogP contribution in [0.15, 0.2) is 53.4 Å². The third kappa shape index (κ3) is 5.08. The van der Waals surface area contributed by atoms with Crippen LogP contribution in [-0.2, 0) is 14.8 Å². The minimum absolute atomic E-state index is 0.0179. The molecule has 0 bridgehead atoms. The minimum Gasteiger partial charge on any atom is -0.490 e. The van der Waals surface area contributed by atoms with E-state index in [0.717, 1.165) is 19.3 Å². The van der Waals surface area contributed by atoms with Gasteiger partial charge in [-0.2, -0.15) is 4.31 Å². The number of piperidine rings is 1. The van der Waals surface area contributed by atoms with Crippen molar-refractivity contribution in [2.75, 3.05) is 26.3 Å². The van der Waals surface area contributed by atoms with Crippen LogP contribution in [0, 0.1) is 5.82 Å². The fraction of sp³-hybridized carbons (Fsp3) is 0.350. The number of rotatable bonds is 7. The van der Waals surface area contributed by atoms with Crippen LogP contribution in [0.4, 0.5) is 4.39 Å². The highest BCUT2D eigenvalue weighted by atomic mass is 32.2. The number of halogens is 1. The highest BCUT2D eigenvalue weighted by molar-refractivity contribution is 7.89. The molecule has 0 amide bonds. The fourth-order valence-corrected chi connectivity index (χ4v) is 4.44. The number of benzene rings is 2. The van der Waals surface area contributed by atoms with Crippen LogP contribution in [-0.4, -0.2) is 45.0 Å². The van der Waals surface area contributed by atoms with E-state index in [-0.39, 0.29) is 29.5 Å². The molecule has 1 heterocycles. The molecule has 1 fully saturated rings. The van der Waals surface area contributed by atoms with E-state index in [1.165, 1.54) is 52.8 Å². The van der Waals surface area contributed by atoms with E-state index in [4.69, 9.17) is 9.47 Å². The monoisotopic (exact) mass is 407 g/mol. The summed E-state index contributed by atoms with van der Waals surface area (Å²) in [6, 6.07) is 11.3. The second kappa shape index (κ2) is 9.16. The van der Waals surface area contributed by atoms with E-state index >= 15 is 0 Å². The second-order valence-corrected chi connectivity index (χ2v) is 8.37. The van der Waals surface area contributed by atoms with Gasteiger partial charge in [-0.15, -0.1) is 0 Å². The summed E-state index contributed by atoms with van der Waals surface area (Å²) in [7, 11) is -3.52. The summed E-state index contributed by atoms with van der Waals surface area (Å²) in [5.41, 5.74) is 0.263. The van der Waals surface area contributed by atoms with Crippen molar-refractivity contribution in [3.63, 3.8) is 0 Å². The Morgan fingerprint density at radius 2 is 1.57 bits per heavy atom. The van der Waals surface area contributed by atoms with Crippen molar-refractivity contribution in [3.8, 4) is 5.75 Å². The van der Waals surface area contributed by atoms with Crippen molar-refractivity contribution >= 4 is 16.0 Å². The predicted molar refractivity (Wildman–Crippen MR) is 101 cm³/mol. The maximum Gasteiger partial charge on any atom is 0.338 e. The minimum atomic E-state index is -3.52. The quantitative estimate of drug-likeness (QED) is 0.520. The first kappa shape index (κ1) is 20.3. The fourth-order valence-electron chi connectivity index (χ4n) is 2.93. The molecule has 0 unspecified atom stereocenters. The lowest BCUT2D eigenvalue weighted by Crippen LogP contribution is -2.35. The van der Waals surface area contributed by atoms with Gasteiger partial charge in [0.1, 0.15) is 24.8 Å². The van der Waals surface area contributed by atoms with Crippen molar-refractivity contribution in [3.05, 3.63) is 59.9 Å². The summed E-state index contributed by atoms with van der Waals surface area (Å²) < 4.78 is 50.0. The molecule has 2 aromatic rings. The number of hydrogen-bond donors (Lipinski definition) is 0. The van der Waals surface area contributed by atoms with Gasteiger partial charge in [-0.25, -0.2) is 17.6 Å². The lowest BCUT2D eigenvalue weighted by Gasteiger charge is -2.25. The van der Waals surface area contributed by atoms with Gasteiger partial charge in [-0.3, -0.25) is 0 Å². The molecule has 0 aromatic heterocycles. The standard InChI is InChI=1S/C20H22FNO5S/c21-17-6-8-18(9-7-17)26-14-15-27-20(23)16-4-10-19(11-5-16)28(24,25)22-12-2-1-3-13-22/h4-11H,1-3,12-15H2. The van der Waals surface area contributed by atoms with Gasteiger partial charge < -0.3 is 9.47 Å². The molecular weight excluding hydrogens is 385 g/mol. The van der Waals surface area contributed by atoms with Crippen LogP contribution in [0.5, 0.6) is 5.75 Å². The first-order valence-electron chi connectivity index (χ1n) is 9.12. The maximum absolute atomic E-state index is 12.8. The van der Waals surface area contributed by atoms with Crippen molar-refractivity contribution in [2.24, 2.45) is 0 Å². The third-order valence-corrected chi connectivity index (χ3v) is 6.35. The number of hydrogen-bond acceptors (Lipinski definition) is 5. The van der Waals surface area contributed by atoms with E-state index in [1.807, 2.05) is 0 Å². The molecule has 0 atom stereocenters. The first-order valence-corrected chi connectivity index (χ1v) is 10.6. The zero-order valence-electron chi connectivity index (χ0n) is 15.3. The molecule has 1 aliphatic heterocycles. The van der Waals surface area contributed by atoms with Crippen LogP contribution in [0.3, 0.4) is 0 Å². The van der Waals surface area contributed by atoms with Gasteiger partial charge in [0, 0.05) is 13.1 Å². The number of sulfonamides is 1. The summed E-state index contributed by atoms with van der Waals surface area (Å²) in [6.45, 7) is 1.20. The Morgan fingerprint density at radius 3 is 2.21 bits per heavy atom. The average molecular weight is 407 g/mol. The highest BCUT2D eigenvalue weighted by Crippen LogP contribution is 2.21. The molecule has 0 N–H and O–H groups in total. The summed E-state index contributed by atoms with van der Waals surface area (Å²) in [5.74, 6) is -0.445. The molecule has 28 heavy (non-hydrogen) atoms. The topological polar surface area (TPSA) is 72.9 Å². The number of carbonyl (C=O) groups excluding carboxylic acids is 1. The Kier molecular flexibility index (Phi) is 6.64. The Labute approximate surface area is 163 Å². The first-order chi connectivity index (χ1) is 13.5. The van der Waals surface area contributed by atoms with Crippen LogP contribution < -0.4 is 4.74 Å². The van der Waals surface area contributed by atoms with Crippen molar-refractivity contribution in [2.45, 2.75) is 24.2 Å². The Hall–Kier alpha value is -2.45. The summed E-state index contributed by atoms with van der Waals surface area (Å²) in [5, 5.41) is 0. The molecule has 1 aliphatic rings. The Balaban J connectivity index is 1.51. The Bertz CT molecular complexity index is 891. The molecule has 1 saturated heterocycles. The van der Waals surface area contributed by atoms with E-state index in [0.29, 0.717) is 18.8 Å². The molecule has 0 spiro atoms. The van der Waals surface area contributed by atoms with Crippen molar-refractivity contribution < 1.29 is 27.1 Å². The molecule has 2 aromatic carbocycles. The largest absolute Gasteiger partial charge is 0.490 e. The third-order valence-electron chi connectivity index (χ3n) is 4.44. The Morgan fingerprint density at radius 1 is 0.929 bits per heavy atom. The number of nitrogens with zero attached hydrogens (tertiary/aromatic N) is 1. The zero-order valence-corrected chi connectivity index (χ0v) is 16.2. The summed E-state index contributed by atoms with van der Waals surface area (Å²) >= 11 is 0. The predicted octanol–water partition coefficient (Wildman–Crippen LogP) is 3.24. The SMILES string of the molecule is O=C(OCCOc1ccc(F)cc1)c1ccc(S(=O)(=O)N2CCCCC2)cc1. The molecule has 3 rings (SSSR count). The van der Waals surface area contributed by atoms with Crippen LogP contribution >= 0.6 is 0 Å². The van der Waals surface area contributed by atoms with Gasteiger partial charge in [0.05, 0.1) is 10.5 Å². The normalized spacial score (nSPS) is 15.2. The lowest BCUT2D eigenvalue weighted by molar-refractivity contribution is 0.0450. The van der Waals surface area contributed by atoms with Gasteiger partial charge in [-0.05, 0) is 61.4 Å². The molecule has 0 saturated carbocycles. The van der Waals surface area contributed by atoms with E-state index < -0.39 is 16.0 Å². The van der Waals surface area contributed by atoms with Crippen LogP contribution in [0.1, 0.15) is 29.6 Å². The highest BCUT2D eigenvalue weighted by Gasteiger charge is 2.26. The van der Waals surface area contributed by atoms with E-state index in [2.05, 4.69) is 0 Å². The van der Waals surface area contributed by atoms with Crippen LogP contribution in [0.2, 0.25) is 0 Å². The molecule has 8 heteroatoms. The molecule has 0 aliphatic carbocycles. The van der Waals surface area contributed by atoms with E-state index in [1.54, 1.807) is 0 Å². The molecule has 6 nitrogen and oxygen atoms in total. The number of esters is 1. The van der Waals surface area contributed by atoms with Gasteiger partial charge in [0.15, 0.2) is 0 Å². The van der Waals surface area contributed by atoms with Gasteiger partial charge >= 0.3 is 5.97 Å². The van der Waals surface area contributed by atoms with Crippen molar-refractivity contribution in [1.82, 2.24) is 4.31 Å². The molecular formula is C20H22FNO5S. The maximum atomic E-state index is 12.8. The smallest absolute Gasteiger partial charge is 0.338 e. The summed E-state index contributed by atoms with van der Waals surface area (Å²) in [4.78, 5) is 12.2. The summed E-state index contributed by atoms with van der Waals surface area (Å²) in [6.07, 6.45) is 2.77. The molecule has 0 radical (unpaired) electrons. The lowest BCUT2D eigenvalue weighted by atomic mass is 10.2. The number of ether oxygens (including phenoxy) is 2. The van der Waals surface area contributed by atoms with Gasteiger partial charge in [-0.1, -0.05) is 6.42 Å². The van der Waals surface area contributed by atoms with Crippen molar-refractivity contribution in [1.29, 1.82) is 0 Å².